The molecule has 1 N–H and O–H groups in total. The Morgan fingerprint density at radius 2 is 0.923 bits per heavy atom. The molecule has 80 valence electrons. The zero-order valence-electron chi connectivity index (χ0n) is 7.30. The Morgan fingerprint density at radius 1 is 0.923 bits per heavy atom. The van der Waals surface area contributed by atoms with Crippen LogP contribution in [-0.2, 0) is 34.8 Å². The SMILES string of the molecule is CC(=O)O.CC(=O)[O-].CC(=O)[O-].[Pd+2]. The molecule has 0 rings (SSSR count). The first-order valence-electron chi connectivity index (χ1n) is 2.74. The van der Waals surface area contributed by atoms with Gasteiger partial charge in [-0.25, -0.2) is 0 Å². The van der Waals surface area contributed by atoms with E-state index in [2.05, 4.69) is 0 Å². The molecule has 0 aromatic rings. The van der Waals surface area contributed by atoms with Crippen LogP contribution < -0.4 is 10.2 Å². The average Bonchev–Trinajstić information content (AvgIpc) is 1.54. The Labute approximate surface area is 89.2 Å². The molecule has 0 amide bonds. The zero-order valence-corrected chi connectivity index (χ0v) is 8.86. The van der Waals surface area contributed by atoms with Gasteiger partial charge in [-0.2, -0.15) is 0 Å². The summed E-state index contributed by atoms with van der Waals surface area (Å²) in [5, 5.41) is 25.2. The van der Waals surface area contributed by atoms with Gasteiger partial charge in [0.25, 0.3) is 5.97 Å². The summed E-state index contributed by atoms with van der Waals surface area (Å²) in [7, 11) is 0. The van der Waals surface area contributed by atoms with Crippen molar-refractivity contribution < 1.29 is 50.1 Å². The van der Waals surface area contributed by atoms with Gasteiger partial charge in [-0.3, -0.25) is 4.79 Å². The van der Waals surface area contributed by atoms with Crippen molar-refractivity contribution in [2.24, 2.45) is 0 Å². The first kappa shape index (κ1) is 22.7. The molecule has 0 aliphatic heterocycles. The van der Waals surface area contributed by atoms with Crippen molar-refractivity contribution in [1.29, 1.82) is 0 Å². The van der Waals surface area contributed by atoms with Crippen LogP contribution in [0, 0.1) is 0 Å². The van der Waals surface area contributed by atoms with Crippen LogP contribution in [0.15, 0.2) is 0 Å². The van der Waals surface area contributed by atoms with Gasteiger partial charge >= 0.3 is 20.4 Å². The molecule has 0 bridgehead atoms. The van der Waals surface area contributed by atoms with Gasteiger partial charge in [0.1, 0.15) is 0 Å². The van der Waals surface area contributed by atoms with E-state index >= 15 is 0 Å². The van der Waals surface area contributed by atoms with Gasteiger partial charge in [-0.1, -0.05) is 0 Å². The standard InChI is InChI=1S/3C2H4O2.Pd/c3*1-2(3)4;/h3*1H3,(H,3,4);/q;;;+2/p-2. The fraction of sp³-hybridized carbons (Fsp3) is 0.500. The van der Waals surface area contributed by atoms with Crippen LogP contribution in [0.3, 0.4) is 0 Å². The Bertz CT molecular complexity index is 115. The van der Waals surface area contributed by atoms with Crippen LogP contribution >= 0.6 is 0 Å². The molecule has 0 fully saturated rings. The fourth-order valence-electron chi connectivity index (χ4n) is 0. The summed E-state index contributed by atoms with van der Waals surface area (Å²) in [5.74, 6) is -3.00. The first-order chi connectivity index (χ1) is 5.20. The second-order valence-corrected chi connectivity index (χ2v) is 1.50. The molecule has 7 heteroatoms. The van der Waals surface area contributed by atoms with Gasteiger partial charge in [-0.05, 0) is 13.8 Å². The van der Waals surface area contributed by atoms with Crippen molar-refractivity contribution in [3.63, 3.8) is 0 Å². The van der Waals surface area contributed by atoms with Crippen molar-refractivity contribution in [2.45, 2.75) is 20.8 Å². The number of carbonyl (C=O) groups excluding carboxylic acids is 2. The topological polar surface area (TPSA) is 118 Å². The quantitative estimate of drug-likeness (QED) is 0.496. The first-order valence-corrected chi connectivity index (χ1v) is 2.74. The van der Waals surface area contributed by atoms with Crippen LogP contribution in [0.25, 0.3) is 0 Å². The van der Waals surface area contributed by atoms with Crippen LogP contribution in [0.2, 0.25) is 0 Å². The molecule has 0 aliphatic rings. The summed E-state index contributed by atoms with van der Waals surface area (Å²) in [5.41, 5.74) is 0. The molecule has 0 saturated heterocycles. The molecular weight excluding hydrogens is 274 g/mol. The maximum atomic E-state index is 9.00. The number of rotatable bonds is 0. The zero-order chi connectivity index (χ0) is 10.7. The monoisotopic (exact) mass is 284 g/mol. The van der Waals surface area contributed by atoms with Crippen LogP contribution in [0.4, 0.5) is 0 Å². The summed E-state index contributed by atoms with van der Waals surface area (Å²) >= 11 is 0. The minimum Gasteiger partial charge on any atom is -0.550 e. The smallest absolute Gasteiger partial charge is 0.550 e. The van der Waals surface area contributed by atoms with E-state index < -0.39 is 17.9 Å². The minimum atomic E-state index is -1.08. The Kier molecular flexibility index (Phi) is 30.1. The average molecular weight is 285 g/mol. The Hall–Kier alpha value is -0.928. The third-order valence-electron chi connectivity index (χ3n) is 0. The summed E-state index contributed by atoms with van der Waals surface area (Å²) in [6, 6.07) is 0. The number of carbonyl (C=O) groups is 3. The summed E-state index contributed by atoms with van der Waals surface area (Å²) < 4.78 is 0. The third kappa shape index (κ3) is 1060. The Balaban J connectivity index is -0.0000000450. The molecule has 0 spiro atoms. The number of carboxylic acid groups (broad SMARTS) is 3. The van der Waals surface area contributed by atoms with Gasteiger partial charge in [-0.15, -0.1) is 0 Å². The van der Waals surface area contributed by atoms with Crippen molar-refractivity contribution in [2.75, 3.05) is 0 Å². The van der Waals surface area contributed by atoms with Gasteiger partial charge in [0.15, 0.2) is 0 Å². The number of carboxylic acids is 3. The van der Waals surface area contributed by atoms with E-state index in [9.17, 15) is 0 Å². The molecule has 6 nitrogen and oxygen atoms in total. The van der Waals surface area contributed by atoms with E-state index in [1.165, 1.54) is 0 Å². The van der Waals surface area contributed by atoms with E-state index in [-0.39, 0.29) is 20.4 Å². The Morgan fingerprint density at radius 3 is 0.923 bits per heavy atom. The van der Waals surface area contributed by atoms with E-state index in [0.717, 1.165) is 20.8 Å². The van der Waals surface area contributed by atoms with E-state index in [1.54, 1.807) is 0 Å². The van der Waals surface area contributed by atoms with Gasteiger partial charge in [0.2, 0.25) is 0 Å². The molecule has 0 aromatic heterocycles. The maximum absolute atomic E-state index is 9.00. The molecule has 13 heavy (non-hydrogen) atoms. The minimum absolute atomic E-state index is 0. The third-order valence-corrected chi connectivity index (χ3v) is 0. The molecule has 0 radical (unpaired) electrons. The molecule has 0 saturated carbocycles. The number of aliphatic carboxylic acids is 3. The van der Waals surface area contributed by atoms with Crippen LogP contribution in [0.1, 0.15) is 20.8 Å². The summed E-state index contributed by atoms with van der Waals surface area (Å²) in [6.45, 7) is 3.03. The summed E-state index contributed by atoms with van der Waals surface area (Å²) in [4.78, 5) is 26.8. The molecule has 0 heterocycles. The van der Waals surface area contributed by atoms with Gasteiger partial charge in [0.05, 0.1) is 0 Å². The van der Waals surface area contributed by atoms with Crippen molar-refractivity contribution in [1.82, 2.24) is 0 Å². The van der Waals surface area contributed by atoms with E-state index in [0.29, 0.717) is 0 Å². The molecule has 0 aromatic carbocycles. The number of hydrogen-bond donors (Lipinski definition) is 1. The van der Waals surface area contributed by atoms with Crippen molar-refractivity contribution in [3.05, 3.63) is 0 Å². The van der Waals surface area contributed by atoms with E-state index in [1.807, 2.05) is 0 Å². The van der Waals surface area contributed by atoms with Gasteiger partial charge in [0, 0.05) is 18.9 Å². The molecule has 0 aliphatic carbocycles. The molecular formula is C6H10O6Pd. The normalized spacial score (nSPS) is 5.77. The van der Waals surface area contributed by atoms with Crippen LogP contribution in [-0.4, -0.2) is 23.0 Å². The molecule has 0 unspecified atom stereocenters. The molecule has 0 atom stereocenters. The summed E-state index contributed by atoms with van der Waals surface area (Å²) in [6.07, 6.45) is 0. The van der Waals surface area contributed by atoms with E-state index in [4.69, 9.17) is 29.7 Å². The maximum Gasteiger partial charge on any atom is 2.00 e. The van der Waals surface area contributed by atoms with Gasteiger partial charge < -0.3 is 24.9 Å². The predicted octanol–water partition coefficient (Wildman–Crippen LogP) is -2.40. The fourth-order valence-corrected chi connectivity index (χ4v) is 0. The second-order valence-electron chi connectivity index (χ2n) is 1.50. The largest absolute Gasteiger partial charge is 2.00 e. The predicted molar refractivity (Wildman–Crippen MR) is 34.7 cm³/mol. The van der Waals surface area contributed by atoms with Crippen LogP contribution in [0.5, 0.6) is 0 Å². The second kappa shape index (κ2) is 17.2. The van der Waals surface area contributed by atoms with Crippen molar-refractivity contribution >= 4 is 17.9 Å². The van der Waals surface area contributed by atoms with Crippen molar-refractivity contribution in [3.8, 4) is 0 Å². The number of hydrogen-bond acceptors (Lipinski definition) is 5.